The lowest BCUT2D eigenvalue weighted by Gasteiger charge is -2.10. The zero-order valence-corrected chi connectivity index (χ0v) is 9.97. The number of carbonyl (C=O) groups excluding carboxylic acids is 1. The van der Waals surface area contributed by atoms with Gasteiger partial charge in [0.05, 0.1) is 10.1 Å². The average molecular weight is 236 g/mol. The van der Waals surface area contributed by atoms with E-state index in [-0.39, 0.29) is 17.6 Å². The van der Waals surface area contributed by atoms with Crippen molar-refractivity contribution in [3.63, 3.8) is 0 Å². The Balaban J connectivity index is 3.51. The minimum absolute atomic E-state index is 0.0201. The number of rotatable bonds is 7. The van der Waals surface area contributed by atoms with Crippen molar-refractivity contribution in [2.75, 3.05) is 12.3 Å². The Hall–Kier alpha value is -0.620. The van der Waals surface area contributed by atoms with Gasteiger partial charge in [0.15, 0.2) is 0 Å². The van der Waals surface area contributed by atoms with Gasteiger partial charge >= 0.3 is 0 Å². The van der Waals surface area contributed by atoms with E-state index in [0.29, 0.717) is 19.4 Å². The molecule has 0 aromatic rings. The van der Waals surface area contributed by atoms with E-state index in [4.69, 9.17) is 0 Å². The minimum Gasteiger partial charge on any atom is -0.748 e. The Labute approximate surface area is 91.0 Å². The lowest BCUT2D eigenvalue weighted by Crippen LogP contribution is -2.29. The number of carbonyl (C=O) groups is 1. The molecule has 15 heavy (non-hydrogen) atoms. The Morgan fingerprint density at radius 2 is 2.00 bits per heavy atom. The van der Waals surface area contributed by atoms with Crippen molar-refractivity contribution >= 4 is 16.0 Å². The van der Waals surface area contributed by atoms with Gasteiger partial charge in [-0.05, 0) is 19.3 Å². The quantitative estimate of drug-likeness (QED) is 0.514. The van der Waals surface area contributed by atoms with Gasteiger partial charge < -0.3 is 9.87 Å². The predicted octanol–water partition coefficient (Wildman–Crippen LogP) is 0.474. The number of nitrogens with one attached hydrogen (secondary N) is 1. The van der Waals surface area contributed by atoms with Gasteiger partial charge in [0, 0.05) is 18.2 Å². The number of unbranched alkanes of at least 4 members (excludes halogenated alkanes) is 1. The summed E-state index contributed by atoms with van der Waals surface area (Å²) in [5.74, 6) is -0.401. The maximum Gasteiger partial charge on any atom is 0.222 e. The van der Waals surface area contributed by atoms with Gasteiger partial charge in [-0.25, -0.2) is 8.42 Å². The molecule has 0 aliphatic heterocycles. The van der Waals surface area contributed by atoms with Gasteiger partial charge in [-0.15, -0.1) is 0 Å². The largest absolute Gasteiger partial charge is 0.748 e. The highest BCUT2D eigenvalue weighted by Crippen LogP contribution is 2.00. The zero-order valence-electron chi connectivity index (χ0n) is 9.15. The van der Waals surface area contributed by atoms with Crippen LogP contribution in [0.2, 0.25) is 0 Å². The lowest BCUT2D eigenvalue weighted by molar-refractivity contribution is -0.124. The molecule has 0 spiro atoms. The third-order valence-corrected chi connectivity index (χ3v) is 2.97. The van der Waals surface area contributed by atoms with E-state index in [9.17, 15) is 17.8 Å². The third-order valence-electron chi connectivity index (χ3n) is 2.18. The van der Waals surface area contributed by atoms with Crippen molar-refractivity contribution in [1.29, 1.82) is 0 Å². The fourth-order valence-corrected chi connectivity index (χ4v) is 1.53. The molecule has 6 heteroatoms. The molecule has 0 rings (SSSR count). The van der Waals surface area contributed by atoms with Crippen molar-refractivity contribution in [2.45, 2.75) is 33.1 Å². The second kappa shape index (κ2) is 6.79. The van der Waals surface area contributed by atoms with Gasteiger partial charge in [-0.3, -0.25) is 4.79 Å². The van der Waals surface area contributed by atoms with Crippen molar-refractivity contribution < 1.29 is 17.8 Å². The molecule has 0 saturated heterocycles. The van der Waals surface area contributed by atoms with Crippen LogP contribution in [-0.4, -0.2) is 31.2 Å². The first-order valence-corrected chi connectivity index (χ1v) is 6.66. The normalized spacial score (nSPS) is 13.5. The predicted molar refractivity (Wildman–Crippen MR) is 56.3 cm³/mol. The molecule has 0 fully saturated rings. The van der Waals surface area contributed by atoms with E-state index < -0.39 is 10.1 Å². The van der Waals surface area contributed by atoms with Crippen LogP contribution in [0.25, 0.3) is 0 Å². The SMILES string of the molecule is CCC(C)C(=O)NCCCCS(=O)(=O)[O-]. The first-order chi connectivity index (χ1) is 6.87. The van der Waals surface area contributed by atoms with E-state index in [1.54, 1.807) is 0 Å². The highest BCUT2D eigenvalue weighted by molar-refractivity contribution is 7.85. The summed E-state index contributed by atoms with van der Waals surface area (Å²) in [4.78, 5) is 11.2. The van der Waals surface area contributed by atoms with Gasteiger partial charge in [-0.2, -0.15) is 0 Å². The van der Waals surface area contributed by atoms with Crippen molar-refractivity contribution in [1.82, 2.24) is 5.32 Å². The van der Waals surface area contributed by atoms with Crippen molar-refractivity contribution in [2.24, 2.45) is 5.92 Å². The van der Waals surface area contributed by atoms with Crippen LogP contribution < -0.4 is 5.32 Å². The minimum atomic E-state index is -4.11. The fourth-order valence-electron chi connectivity index (χ4n) is 0.975. The molecule has 5 nitrogen and oxygen atoms in total. The average Bonchev–Trinajstić information content (AvgIpc) is 2.14. The maximum atomic E-state index is 11.2. The van der Waals surface area contributed by atoms with E-state index in [1.165, 1.54) is 0 Å². The number of amides is 1. The van der Waals surface area contributed by atoms with Gasteiger partial charge in [0.2, 0.25) is 5.91 Å². The highest BCUT2D eigenvalue weighted by Gasteiger charge is 2.08. The van der Waals surface area contributed by atoms with Crippen LogP contribution >= 0.6 is 0 Å². The topological polar surface area (TPSA) is 86.3 Å². The van der Waals surface area contributed by atoms with E-state index >= 15 is 0 Å². The van der Waals surface area contributed by atoms with Gasteiger partial charge in [-0.1, -0.05) is 13.8 Å². The molecule has 0 bridgehead atoms. The molecule has 1 amide bonds. The second-order valence-electron chi connectivity index (χ2n) is 3.57. The Bertz CT molecular complexity index is 286. The molecule has 1 N–H and O–H groups in total. The summed E-state index contributed by atoms with van der Waals surface area (Å²) in [7, 11) is -4.11. The standard InChI is InChI=1S/C9H19NO4S/c1-3-8(2)9(11)10-6-4-5-7-15(12,13)14/h8H,3-7H2,1-2H3,(H,10,11)(H,12,13,14)/p-1. The number of hydrogen-bond donors (Lipinski definition) is 1. The van der Waals surface area contributed by atoms with Crippen molar-refractivity contribution in [3.8, 4) is 0 Å². The Morgan fingerprint density at radius 3 is 2.47 bits per heavy atom. The van der Waals surface area contributed by atoms with Crippen LogP contribution in [0.15, 0.2) is 0 Å². The molecule has 0 radical (unpaired) electrons. The second-order valence-corrected chi connectivity index (χ2v) is 5.09. The number of hydrogen-bond acceptors (Lipinski definition) is 4. The Morgan fingerprint density at radius 1 is 1.40 bits per heavy atom. The molecule has 0 aliphatic carbocycles. The van der Waals surface area contributed by atoms with Crippen LogP contribution in [0, 0.1) is 5.92 Å². The highest BCUT2D eigenvalue weighted by atomic mass is 32.2. The van der Waals surface area contributed by atoms with Gasteiger partial charge in [0.25, 0.3) is 0 Å². The van der Waals surface area contributed by atoms with E-state index in [2.05, 4.69) is 5.32 Å². The summed E-state index contributed by atoms with van der Waals surface area (Å²) < 4.78 is 30.7. The summed E-state index contributed by atoms with van der Waals surface area (Å²) in [6, 6.07) is 0. The molecule has 0 aromatic heterocycles. The zero-order chi connectivity index (χ0) is 11.9. The summed E-state index contributed by atoms with van der Waals surface area (Å²) in [5, 5.41) is 2.68. The summed E-state index contributed by atoms with van der Waals surface area (Å²) in [6.07, 6.45) is 1.59. The summed E-state index contributed by atoms with van der Waals surface area (Å²) in [6.45, 7) is 4.18. The van der Waals surface area contributed by atoms with E-state index in [0.717, 1.165) is 6.42 Å². The first kappa shape index (κ1) is 14.4. The molecular weight excluding hydrogens is 218 g/mol. The van der Waals surface area contributed by atoms with Crippen LogP contribution in [0.3, 0.4) is 0 Å². The van der Waals surface area contributed by atoms with Crippen LogP contribution in [0.1, 0.15) is 33.1 Å². The molecule has 0 heterocycles. The lowest BCUT2D eigenvalue weighted by atomic mass is 10.1. The molecule has 0 saturated carbocycles. The van der Waals surface area contributed by atoms with Crippen LogP contribution in [0.5, 0.6) is 0 Å². The molecular formula is C9H18NO4S-. The van der Waals surface area contributed by atoms with Gasteiger partial charge in [0.1, 0.15) is 0 Å². The van der Waals surface area contributed by atoms with Crippen molar-refractivity contribution in [3.05, 3.63) is 0 Å². The summed E-state index contributed by atoms with van der Waals surface area (Å²) in [5.41, 5.74) is 0. The third kappa shape index (κ3) is 8.38. The van der Waals surface area contributed by atoms with Crippen LogP contribution in [0.4, 0.5) is 0 Å². The first-order valence-electron chi connectivity index (χ1n) is 5.08. The monoisotopic (exact) mass is 236 g/mol. The molecule has 1 atom stereocenters. The Kier molecular flexibility index (Phi) is 6.51. The molecule has 0 aromatic carbocycles. The molecule has 90 valence electrons. The fraction of sp³-hybridized carbons (Fsp3) is 0.889. The summed E-state index contributed by atoms with van der Waals surface area (Å²) >= 11 is 0. The van der Waals surface area contributed by atoms with Crippen LogP contribution in [-0.2, 0) is 14.9 Å². The molecule has 0 aliphatic rings. The molecule has 1 unspecified atom stereocenters. The smallest absolute Gasteiger partial charge is 0.222 e. The maximum absolute atomic E-state index is 11.2. The van der Waals surface area contributed by atoms with E-state index in [1.807, 2.05) is 13.8 Å².